The molecule has 0 spiro atoms. The van der Waals surface area contributed by atoms with Crippen LogP contribution in [0, 0.1) is 6.92 Å². The molecule has 0 amide bonds. The molecule has 21 heavy (non-hydrogen) atoms. The molecule has 0 radical (unpaired) electrons. The van der Waals surface area contributed by atoms with Crippen molar-refractivity contribution in [2.45, 2.75) is 38.3 Å². The summed E-state index contributed by atoms with van der Waals surface area (Å²) >= 11 is 1.71. The van der Waals surface area contributed by atoms with Gasteiger partial charge in [-0.25, -0.2) is 4.98 Å². The van der Waals surface area contributed by atoms with Gasteiger partial charge in [0.15, 0.2) is 0 Å². The second-order valence-corrected chi connectivity index (χ2v) is 7.18. The van der Waals surface area contributed by atoms with E-state index in [4.69, 9.17) is 0 Å². The third-order valence-electron chi connectivity index (χ3n) is 4.74. The van der Waals surface area contributed by atoms with Crippen molar-refractivity contribution in [2.75, 3.05) is 18.4 Å². The minimum absolute atomic E-state index is 0.611. The lowest BCUT2D eigenvalue weighted by Crippen LogP contribution is -2.33. The van der Waals surface area contributed by atoms with Crippen LogP contribution in [0.3, 0.4) is 0 Å². The first-order valence-corrected chi connectivity index (χ1v) is 8.71. The van der Waals surface area contributed by atoms with E-state index in [9.17, 15) is 0 Å². The standard InChI is InChI=1S/C17H21N3S/c1-12-18-16(11-21-12)13-4-2-5-14(10-13)19-15-7-9-20-8-3-6-17(15)20/h2,4-5,10-11,15,17,19H,3,6-9H2,1H3. The molecule has 2 saturated heterocycles. The first kappa shape index (κ1) is 13.3. The largest absolute Gasteiger partial charge is 0.381 e. The molecular formula is C17H21N3S. The van der Waals surface area contributed by atoms with Gasteiger partial charge in [-0.05, 0) is 44.9 Å². The summed E-state index contributed by atoms with van der Waals surface area (Å²) in [5.41, 5.74) is 3.54. The zero-order chi connectivity index (χ0) is 14.2. The SMILES string of the molecule is Cc1nc(-c2cccc(NC3CCN4CCCC34)c2)cs1. The summed E-state index contributed by atoms with van der Waals surface area (Å²) in [6, 6.07) is 10.1. The van der Waals surface area contributed by atoms with E-state index < -0.39 is 0 Å². The summed E-state index contributed by atoms with van der Waals surface area (Å²) in [7, 11) is 0. The average Bonchev–Trinajstić information content (AvgIpc) is 3.18. The Balaban J connectivity index is 1.53. The molecule has 2 aliphatic rings. The van der Waals surface area contributed by atoms with Gasteiger partial charge in [-0.2, -0.15) is 0 Å². The lowest BCUT2D eigenvalue weighted by molar-refractivity contribution is 0.318. The van der Waals surface area contributed by atoms with Crippen molar-refractivity contribution in [3.8, 4) is 11.3 Å². The van der Waals surface area contributed by atoms with Crippen LogP contribution < -0.4 is 5.32 Å². The minimum atomic E-state index is 0.611. The van der Waals surface area contributed by atoms with Crippen LogP contribution >= 0.6 is 11.3 Å². The predicted octanol–water partition coefficient (Wildman–Crippen LogP) is 3.77. The van der Waals surface area contributed by atoms with Gasteiger partial charge in [0.1, 0.15) is 0 Å². The maximum absolute atomic E-state index is 4.59. The van der Waals surface area contributed by atoms with Gasteiger partial charge in [-0.3, -0.25) is 4.90 Å². The molecule has 1 aromatic heterocycles. The molecule has 2 aromatic rings. The zero-order valence-corrected chi connectivity index (χ0v) is 13.2. The van der Waals surface area contributed by atoms with Crippen LogP contribution in [0.15, 0.2) is 29.6 Å². The lowest BCUT2D eigenvalue weighted by Gasteiger charge is -2.22. The summed E-state index contributed by atoms with van der Waals surface area (Å²) in [5, 5.41) is 7.03. The monoisotopic (exact) mass is 299 g/mol. The summed E-state index contributed by atoms with van der Waals surface area (Å²) in [5.74, 6) is 0. The highest BCUT2D eigenvalue weighted by molar-refractivity contribution is 7.09. The predicted molar refractivity (Wildman–Crippen MR) is 88.9 cm³/mol. The maximum Gasteiger partial charge on any atom is 0.0901 e. The van der Waals surface area contributed by atoms with Crippen LogP contribution in [0.25, 0.3) is 11.3 Å². The highest BCUT2D eigenvalue weighted by Gasteiger charge is 2.36. The van der Waals surface area contributed by atoms with Crippen molar-refractivity contribution < 1.29 is 0 Å². The summed E-state index contributed by atoms with van der Waals surface area (Å²) in [6.45, 7) is 4.61. The van der Waals surface area contributed by atoms with Crippen LogP contribution in [-0.4, -0.2) is 35.1 Å². The Hall–Kier alpha value is -1.39. The van der Waals surface area contributed by atoms with Gasteiger partial charge >= 0.3 is 0 Å². The molecule has 1 N–H and O–H groups in total. The van der Waals surface area contributed by atoms with E-state index in [1.54, 1.807) is 11.3 Å². The number of aromatic nitrogens is 1. The van der Waals surface area contributed by atoms with Gasteiger partial charge in [-0.1, -0.05) is 12.1 Å². The van der Waals surface area contributed by atoms with Gasteiger partial charge in [-0.15, -0.1) is 11.3 Å². The number of aryl methyl sites for hydroxylation is 1. The van der Waals surface area contributed by atoms with Crippen molar-refractivity contribution in [2.24, 2.45) is 0 Å². The van der Waals surface area contributed by atoms with Crippen molar-refractivity contribution in [3.63, 3.8) is 0 Å². The van der Waals surface area contributed by atoms with E-state index in [-0.39, 0.29) is 0 Å². The molecule has 3 heterocycles. The van der Waals surface area contributed by atoms with Crippen LogP contribution in [0.1, 0.15) is 24.3 Å². The fourth-order valence-corrected chi connectivity index (χ4v) is 4.35. The average molecular weight is 299 g/mol. The van der Waals surface area contributed by atoms with E-state index in [1.807, 2.05) is 0 Å². The van der Waals surface area contributed by atoms with Crippen molar-refractivity contribution in [1.29, 1.82) is 0 Å². The number of benzene rings is 1. The number of thiazole rings is 1. The molecule has 0 aliphatic carbocycles. The molecule has 4 rings (SSSR count). The van der Waals surface area contributed by atoms with Gasteiger partial charge < -0.3 is 5.32 Å². The quantitative estimate of drug-likeness (QED) is 0.935. The topological polar surface area (TPSA) is 28.2 Å². The molecule has 2 atom stereocenters. The molecule has 3 nitrogen and oxygen atoms in total. The molecule has 0 bridgehead atoms. The van der Waals surface area contributed by atoms with Crippen LogP contribution in [0.5, 0.6) is 0 Å². The Bertz CT molecular complexity index is 636. The second kappa shape index (κ2) is 5.43. The van der Waals surface area contributed by atoms with Crippen LogP contribution in [-0.2, 0) is 0 Å². The summed E-state index contributed by atoms with van der Waals surface area (Å²) in [6.07, 6.45) is 3.98. The Morgan fingerprint density at radius 3 is 3.10 bits per heavy atom. The number of nitrogens with one attached hydrogen (secondary N) is 1. The maximum atomic E-state index is 4.59. The van der Waals surface area contributed by atoms with Gasteiger partial charge in [0, 0.05) is 35.3 Å². The van der Waals surface area contributed by atoms with E-state index in [1.165, 1.54) is 43.6 Å². The Morgan fingerprint density at radius 2 is 2.24 bits per heavy atom. The molecule has 0 saturated carbocycles. The zero-order valence-electron chi connectivity index (χ0n) is 12.4. The molecule has 4 heteroatoms. The Kier molecular flexibility index (Phi) is 3.43. The molecular weight excluding hydrogens is 278 g/mol. The second-order valence-electron chi connectivity index (χ2n) is 6.12. The van der Waals surface area contributed by atoms with Crippen LogP contribution in [0.2, 0.25) is 0 Å². The van der Waals surface area contributed by atoms with E-state index >= 15 is 0 Å². The highest BCUT2D eigenvalue weighted by atomic mass is 32.1. The number of hydrogen-bond acceptors (Lipinski definition) is 4. The third-order valence-corrected chi connectivity index (χ3v) is 5.51. The number of anilines is 1. The number of fused-ring (bicyclic) bond motifs is 1. The molecule has 1 aromatic carbocycles. The Labute approximate surface area is 130 Å². The molecule has 2 unspecified atom stereocenters. The minimum Gasteiger partial charge on any atom is -0.381 e. The van der Waals surface area contributed by atoms with E-state index in [0.29, 0.717) is 6.04 Å². The number of rotatable bonds is 3. The molecule has 2 fully saturated rings. The van der Waals surface area contributed by atoms with E-state index in [2.05, 4.69) is 51.8 Å². The third kappa shape index (κ3) is 2.58. The number of nitrogens with zero attached hydrogens (tertiary/aromatic N) is 2. The van der Waals surface area contributed by atoms with Crippen molar-refractivity contribution in [3.05, 3.63) is 34.7 Å². The highest BCUT2D eigenvalue weighted by Crippen LogP contribution is 2.31. The summed E-state index contributed by atoms with van der Waals surface area (Å²) < 4.78 is 0. The fourth-order valence-electron chi connectivity index (χ4n) is 3.73. The van der Waals surface area contributed by atoms with Crippen molar-refractivity contribution >= 4 is 17.0 Å². The van der Waals surface area contributed by atoms with Crippen molar-refractivity contribution in [1.82, 2.24) is 9.88 Å². The van der Waals surface area contributed by atoms with E-state index in [0.717, 1.165) is 16.7 Å². The first-order valence-electron chi connectivity index (χ1n) is 7.83. The molecule has 2 aliphatic heterocycles. The number of hydrogen-bond donors (Lipinski definition) is 1. The summed E-state index contributed by atoms with van der Waals surface area (Å²) in [4.78, 5) is 7.23. The van der Waals surface area contributed by atoms with Gasteiger partial charge in [0.05, 0.1) is 10.7 Å². The molecule has 110 valence electrons. The lowest BCUT2D eigenvalue weighted by atomic mass is 10.1. The van der Waals surface area contributed by atoms with Crippen LogP contribution in [0.4, 0.5) is 5.69 Å². The fraction of sp³-hybridized carbons (Fsp3) is 0.471. The normalized spacial score (nSPS) is 25.2. The van der Waals surface area contributed by atoms with Gasteiger partial charge in [0.2, 0.25) is 0 Å². The van der Waals surface area contributed by atoms with Gasteiger partial charge in [0.25, 0.3) is 0 Å². The first-order chi connectivity index (χ1) is 10.3. The Morgan fingerprint density at radius 1 is 1.29 bits per heavy atom. The smallest absolute Gasteiger partial charge is 0.0901 e.